The van der Waals surface area contributed by atoms with E-state index in [0.29, 0.717) is 16.9 Å². The fraction of sp³-hybridized carbons (Fsp3) is 0.300. The fourth-order valence-corrected chi connectivity index (χ4v) is 6.68. The van der Waals surface area contributed by atoms with Crippen LogP contribution in [0.15, 0.2) is 85.3 Å². The molecule has 0 bridgehead atoms. The predicted octanol–water partition coefficient (Wildman–Crippen LogP) is 6.58. The van der Waals surface area contributed by atoms with E-state index in [2.05, 4.69) is 67.8 Å². The molecule has 1 aromatic carbocycles. The van der Waals surface area contributed by atoms with Crippen molar-refractivity contribution in [2.24, 2.45) is 11.8 Å². The number of hydrogen-bond donors (Lipinski definition) is 1. The molecule has 0 amide bonds. The zero-order valence-electron chi connectivity index (χ0n) is 21.5. The molecule has 6 nitrogen and oxygen atoms in total. The zero-order chi connectivity index (χ0) is 26.2. The van der Waals surface area contributed by atoms with Crippen molar-refractivity contribution in [3.05, 3.63) is 102 Å². The molecular formula is C30H31ClN6S. The highest BCUT2D eigenvalue weighted by molar-refractivity contribution is 7.80. The van der Waals surface area contributed by atoms with Gasteiger partial charge in [-0.25, -0.2) is 4.98 Å². The number of pyridine rings is 2. The minimum absolute atomic E-state index is 0.150. The number of halogens is 1. The van der Waals surface area contributed by atoms with Crippen LogP contribution in [-0.2, 0) is 0 Å². The van der Waals surface area contributed by atoms with E-state index in [0.717, 1.165) is 46.7 Å². The monoisotopic (exact) mass is 542 g/mol. The summed E-state index contributed by atoms with van der Waals surface area (Å²) >= 11 is 12.9. The Morgan fingerprint density at radius 1 is 0.921 bits per heavy atom. The van der Waals surface area contributed by atoms with Crippen molar-refractivity contribution in [2.45, 2.75) is 32.4 Å². The Labute approximate surface area is 234 Å². The topological polar surface area (TPSA) is 49.2 Å². The molecule has 4 atom stereocenters. The second kappa shape index (κ2) is 10.4. The standard InChI is InChI=1S/C30H31ClN6S/c1-20-16-21(2)19-35(18-20)25-12-11-22(17-23(25)31)37-29(28(34-30(37)38)24-8-3-5-13-32-24)26-9-7-15-36(26)27-10-4-6-14-33-27/h3-15,17,20-21,28-29H,16,18-19H2,1-2H3,(H,34,38)/t20-,21+,28-,29+/m1/s1. The van der Waals surface area contributed by atoms with Crippen LogP contribution in [0.2, 0.25) is 5.02 Å². The molecule has 0 aliphatic carbocycles. The second-order valence-electron chi connectivity index (χ2n) is 10.5. The highest BCUT2D eigenvalue weighted by Gasteiger charge is 2.42. The van der Waals surface area contributed by atoms with E-state index < -0.39 is 0 Å². The molecule has 3 aromatic heterocycles. The summed E-state index contributed by atoms with van der Waals surface area (Å²) in [5, 5.41) is 4.94. The summed E-state index contributed by atoms with van der Waals surface area (Å²) in [6.45, 7) is 6.68. The van der Waals surface area contributed by atoms with Gasteiger partial charge in [-0.3, -0.25) is 4.98 Å². The summed E-state index contributed by atoms with van der Waals surface area (Å²) in [5.74, 6) is 2.15. The Morgan fingerprint density at radius 2 is 1.68 bits per heavy atom. The van der Waals surface area contributed by atoms with E-state index in [1.54, 1.807) is 0 Å². The lowest BCUT2D eigenvalue weighted by atomic mass is 9.91. The first-order chi connectivity index (χ1) is 18.5. The molecule has 6 rings (SSSR count). The van der Waals surface area contributed by atoms with Crippen LogP contribution in [-0.4, -0.2) is 32.7 Å². The van der Waals surface area contributed by atoms with Crippen LogP contribution >= 0.6 is 23.8 Å². The average Bonchev–Trinajstić information content (AvgIpc) is 3.53. The summed E-state index contributed by atoms with van der Waals surface area (Å²) in [4.78, 5) is 13.9. The van der Waals surface area contributed by atoms with Gasteiger partial charge in [0.25, 0.3) is 0 Å². The van der Waals surface area contributed by atoms with E-state index >= 15 is 0 Å². The lowest BCUT2D eigenvalue weighted by Crippen LogP contribution is -2.38. The second-order valence-corrected chi connectivity index (χ2v) is 11.3. The summed E-state index contributed by atoms with van der Waals surface area (Å²) < 4.78 is 2.12. The summed E-state index contributed by atoms with van der Waals surface area (Å²) in [6.07, 6.45) is 6.93. The number of aromatic nitrogens is 3. The third kappa shape index (κ3) is 4.65. The maximum atomic E-state index is 6.98. The lowest BCUT2D eigenvalue weighted by molar-refractivity contribution is 0.357. The van der Waals surface area contributed by atoms with Crippen LogP contribution in [0, 0.1) is 11.8 Å². The van der Waals surface area contributed by atoms with Crippen molar-refractivity contribution in [1.29, 1.82) is 0 Å². The number of anilines is 2. The Kier molecular flexibility index (Phi) is 6.80. The Morgan fingerprint density at radius 3 is 2.37 bits per heavy atom. The first-order valence-electron chi connectivity index (χ1n) is 13.1. The molecule has 2 aliphatic rings. The molecule has 194 valence electrons. The molecular weight excluding hydrogens is 512 g/mol. The fourth-order valence-electron chi connectivity index (χ4n) is 6.04. The van der Waals surface area contributed by atoms with Gasteiger partial charge in [-0.15, -0.1) is 0 Å². The van der Waals surface area contributed by atoms with E-state index in [1.165, 1.54) is 6.42 Å². The van der Waals surface area contributed by atoms with Crippen molar-refractivity contribution in [3.8, 4) is 5.82 Å². The van der Waals surface area contributed by atoms with E-state index in [1.807, 2.05) is 61.1 Å². The number of piperidine rings is 1. The molecule has 2 aliphatic heterocycles. The van der Waals surface area contributed by atoms with Crippen molar-refractivity contribution < 1.29 is 0 Å². The van der Waals surface area contributed by atoms with Crippen LogP contribution in [0.5, 0.6) is 0 Å². The maximum absolute atomic E-state index is 6.98. The SMILES string of the molecule is C[C@@H]1C[C@H](C)CN(c2ccc(N3C(=S)N[C@H](c4ccccn4)[C@@H]3c3cccn3-c3ccccn3)cc2Cl)C1. The zero-order valence-corrected chi connectivity index (χ0v) is 23.1. The molecule has 2 saturated heterocycles. The van der Waals surface area contributed by atoms with Crippen LogP contribution < -0.4 is 15.1 Å². The van der Waals surface area contributed by atoms with E-state index in [-0.39, 0.29) is 12.1 Å². The largest absolute Gasteiger partial charge is 0.370 e. The average molecular weight is 543 g/mol. The highest BCUT2D eigenvalue weighted by Crippen LogP contribution is 2.44. The van der Waals surface area contributed by atoms with Gasteiger partial charge in [0.15, 0.2) is 5.11 Å². The summed E-state index contributed by atoms with van der Waals surface area (Å²) in [7, 11) is 0. The van der Waals surface area contributed by atoms with Crippen LogP contribution in [0.1, 0.15) is 43.7 Å². The first kappa shape index (κ1) is 24.9. The van der Waals surface area contributed by atoms with Crippen LogP contribution in [0.25, 0.3) is 5.82 Å². The molecule has 4 aromatic rings. The number of hydrogen-bond acceptors (Lipinski definition) is 4. The van der Waals surface area contributed by atoms with Gasteiger partial charge in [0, 0.05) is 43.1 Å². The Hall–Kier alpha value is -3.42. The minimum atomic E-state index is -0.161. The number of rotatable bonds is 5. The third-order valence-corrected chi connectivity index (χ3v) is 8.11. The van der Waals surface area contributed by atoms with Crippen LogP contribution in [0.4, 0.5) is 11.4 Å². The van der Waals surface area contributed by atoms with Gasteiger partial charge in [0.05, 0.1) is 22.4 Å². The molecule has 0 spiro atoms. The highest BCUT2D eigenvalue weighted by atomic mass is 35.5. The van der Waals surface area contributed by atoms with E-state index in [4.69, 9.17) is 23.8 Å². The van der Waals surface area contributed by atoms with Gasteiger partial charge >= 0.3 is 0 Å². The minimum Gasteiger partial charge on any atom is -0.370 e. The van der Waals surface area contributed by atoms with Gasteiger partial charge in [0.2, 0.25) is 0 Å². The van der Waals surface area contributed by atoms with E-state index in [9.17, 15) is 0 Å². The smallest absolute Gasteiger partial charge is 0.174 e. The lowest BCUT2D eigenvalue weighted by Gasteiger charge is -2.37. The first-order valence-corrected chi connectivity index (χ1v) is 13.9. The number of nitrogens with one attached hydrogen (secondary N) is 1. The van der Waals surface area contributed by atoms with Crippen molar-refractivity contribution >= 4 is 40.3 Å². The van der Waals surface area contributed by atoms with Gasteiger partial charge in [0.1, 0.15) is 11.9 Å². The molecule has 8 heteroatoms. The Balaban J connectivity index is 1.42. The van der Waals surface area contributed by atoms with Crippen molar-refractivity contribution in [2.75, 3.05) is 22.9 Å². The van der Waals surface area contributed by atoms with Crippen LogP contribution in [0.3, 0.4) is 0 Å². The van der Waals surface area contributed by atoms with Crippen molar-refractivity contribution in [3.63, 3.8) is 0 Å². The quantitative estimate of drug-likeness (QED) is 0.287. The predicted molar refractivity (Wildman–Crippen MR) is 158 cm³/mol. The molecule has 2 fully saturated rings. The van der Waals surface area contributed by atoms with Gasteiger partial charge in [-0.1, -0.05) is 37.6 Å². The number of benzene rings is 1. The van der Waals surface area contributed by atoms with Gasteiger partial charge < -0.3 is 19.7 Å². The Bertz CT molecular complexity index is 1420. The molecule has 1 N–H and O–H groups in total. The normalized spacial score (nSPS) is 23.5. The van der Waals surface area contributed by atoms with Gasteiger partial charge in [-0.2, -0.15) is 0 Å². The van der Waals surface area contributed by atoms with Gasteiger partial charge in [-0.05, 0) is 85.1 Å². The number of nitrogens with zero attached hydrogens (tertiary/aromatic N) is 5. The molecule has 38 heavy (non-hydrogen) atoms. The van der Waals surface area contributed by atoms with Crippen molar-refractivity contribution in [1.82, 2.24) is 19.9 Å². The molecule has 0 saturated carbocycles. The third-order valence-electron chi connectivity index (χ3n) is 7.50. The summed E-state index contributed by atoms with van der Waals surface area (Å²) in [6, 6.07) is 22.1. The molecule has 0 unspecified atom stereocenters. The summed E-state index contributed by atoms with van der Waals surface area (Å²) in [5.41, 5.74) is 4.02. The molecule has 5 heterocycles. The maximum Gasteiger partial charge on any atom is 0.174 e. The molecule has 0 radical (unpaired) electrons. The number of thiocarbonyl (C=S) groups is 1.